The Hall–Kier alpha value is -0.980. The summed E-state index contributed by atoms with van der Waals surface area (Å²) in [7, 11) is 0. The molecule has 0 saturated carbocycles. The lowest BCUT2D eigenvalue weighted by Gasteiger charge is -2.31. The van der Waals surface area contributed by atoms with Crippen molar-refractivity contribution in [2.75, 3.05) is 11.4 Å². The normalized spacial score (nSPS) is 18.8. The number of para-hydroxylation sites is 1. The summed E-state index contributed by atoms with van der Waals surface area (Å²) in [6, 6.07) is 9.63. The largest absolute Gasteiger partial charge is 0.368 e. The maximum absolute atomic E-state index is 2.65. The summed E-state index contributed by atoms with van der Waals surface area (Å²) < 4.78 is 0. The highest BCUT2D eigenvalue weighted by Crippen LogP contribution is 2.44. The van der Waals surface area contributed by atoms with Gasteiger partial charge in [0.05, 0.1) is 0 Å². The van der Waals surface area contributed by atoms with Gasteiger partial charge in [-0.2, -0.15) is 0 Å². The molecule has 1 nitrogen and oxygen atoms in total. The molecule has 1 heterocycles. The zero-order valence-electron chi connectivity index (χ0n) is 16.6. The molecule has 0 N–H and O–H groups in total. The molecule has 1 atom stereocenters. The number of rotatable bonds is 11. The number of hydrogen-bond acceptors (Lipinski definition) is 1. The summed E-state index contributed by atoms with van der Waals surface area (Å²) in [5.41, 5.74) is 3.28. The summed E-state index contributed by atoms with van der Waals surface area (Å²) in [5.74, 6) is 0. The van der Waals surface area contributed by atoms with E-state index in [1.807, 2.05) is 0 Å². The summed E-state index contributed by atoms with van der Waals surface area (Å²) in [6.07, 6.45) is 14.1. The first-order valence-electron chi connectivity index (χ1n) is 10.4. The van der Waals surface area contributed by atoms with Crippen LogP contribution in [0.1, 0.15) is 97.5 Å². The Bertz CT molecular complexity index is 477. The molecule has 1 aliphatic heterocycles. The Morgan fingerprint density at radius 1 is 0.833 bits per heavy atom. The van der Waals surface area contributed by atoms with Crippen molar-refractivity contribution in [2.45, 2.75) is 103 Å². The van der Waals surface area contributed by atoms with Crippen molar-refractivity contribution < 1.29 is 0 Å². The van der Waals surface area contributed by atoms with E-state index in [0.29, 0.717) is 6.04 Å². The van der Waals surface area contributed by atoms with Crippen molar-refractivity contribution in [3.63, 3.8) is 0 Å². The van der Waals surface area contributed by atoms with Crippen molar-refractivity contribution in [3.8, 4) is 0 Å². The fourth-order valence-electron chi connectivity index (χ4n) is 4.18. The SMILES string of the molecule is CCCCCCCCCCCCN1c2ccccc2C(C)(C)C1C. The quantitative estimate of drug-likeness (QED) is 0.391. The molecule has 1 aromatic rings. The number of nitrogens with zero attached hydrogens (tertiary/aromatic N) is 1. The van der Waals surface area contributed by atoms with Crippen molar-refractivity contribution in [1.82, 2.24) is 0 Å². The first-order chi connectivity index (χ1) is 11.6. The first kappa shape index (κ1) is 19.3. The van der Waals surface area contributed by atoms with Crippen LogP contribution in [0.5, 0.6) is 0 Å². The van der Waals surface area contributed by atoms with Crippen molar-refractivity contribution in [1.29, 1.82) is 0 Å². The van der Waals surface area contributed by atoms with Crippen LogP contribution in [0.25, 0.3) is 0 Å². The second-order valence-electron chi connectivity index (χ2n) is 8.29. The minimum atomic E-state index is 0.273. The molecule has 1 aliphatic rings. The van der Waals surface area contributed by atoms with E-state index >= 15 is 0 Å². The van der Waals surface area contributed by atoms with Gasteiger partial charge in [0, 0.05) is 23.7 Å². The van der Waals surface area contributed by atoms with E-state index in [1.54, 1.807) is 0 Å². The molecule has 136 valence electrons. The lowest BCUT2D eigenvalue weighted by molar-refractivity contribution is 0.436. The number of hydrogen-bond donors (Lipinski definition) is 0. The fraction of sp³-hybridized carbons (Fsp3) is 0.739. The Morgan fingerprint density at radius 2 is 1.38 bits per heavy atom. The lowest BCUT2D eigenvalue weighted by atomic mass is 9.81. The average molecular weight is 330 g/mol. The highest BCUT2D eigenvalue weighted by molar-refractivity contribution is 5.63. The topological polar surface area (TPSA) is 3.24 Å². The first-order valence-corrected chi connectivity index (χ1v) is 10.4. The lowest BCUT2D eigenvalue weighted by Crippen LogP contribution is -2.39. The Kier molecular flexibility index (Phi) is 7.65. The summed E-state index contributed by atoms with van der Waals surface area (Å²) >= 11 is 0. The molecule has 1 aromatic carbocycles. The van der Waals surface area contributed by atoms with Gasteiger partial charge in [0.2, 0.25) is 0 Å². The second kappa shape index (κ2) is 9.49. The van der Waals surface area contributed by atoms with Gasteiger partial charge >= 0.3 is 0 Å². The zero-order valence-corrected chi connectivity index (χ0v) is 16.6. The van der Waals surface area contributed by atoms with E-state index in [-0.39, 0.29) is 5.41 Å². The van der Waals surface area contributed by atoms with E-state index in [4.69, 9.17) is 0 Å². The molecule has 2 rings (SSSR count). The van der Waals surface area contributed by atoms with Crippen LogP contribution < -0.4 is 4.90 Å². The summed E-state index contributed by atoms with van der Waals surface area (Å²) in [4.78, 5) is 2.65. The highest BCUT2D eigenvalue weighted by atomic mass is 15.2. The third kappa shape index (κ3) is 4.77. The molecular formula is C23H39N. The monoisotopic (exact) mass is 329 g/mol. The smallest absolute Gasteiger partial charge is 0.0407 e. The van der Waals surface area contributed by atoms with E-state index in [1.165, 1.54) is 82.0 Å². The predicted molar refractivity (Wildman–Crippen MR) is 108 cm³/mol. The Labute approximate surface area is 150 Å². The fourth-order valence-corrected chi connectivity index (χ4v) is 4.18. The van der Waals surface area contributed by atoms with Gasteiger partial charge in [-0.1, -0.05) is 96.8 Å². The molecule has 0 saturated heterocycles. The van der Waals surface area contributed by atoms with Crippen LogP contribution in [0.2, 0.25) is 0 Å². The van der Waals surface area contributed by atoms with Crippen LogP contribution in [0.4, 0.5) is 5.69 Å². The number of fused-ring (bicyclic) bond motifs is 1. The van der Waals surface area contributed by atoms with E-state index in [9.17, 15) is 0 Å². The van der Waals surface area contributed by atoms with Crippen molar-refractivity contribution >= 4 is 5.69 Å². The average Bonchev–Trinajstić information content (AvgIpc) is 2.77. The van der Waals surface area contributed by atoms with Gasteiger partial charge in [-0.3, -0.25) is 0 Å². The minimum Gasteiger partial charge on any atom is -0.368 e. The molecular weight excluding hydrogens is 290 g/mol. The molecule has 0 bridgehead atoms. The molecule has 0 spiro atoms. The highest BCUT2D eigenvalue weighted by Gasteiger charge is 2.40. The maximum Gasteiger partial charge on any atom is 0.0407 e. The van der Waals surface area contributed by atoms with Gasteiger partial charge in [0.15, 0.2) is 0 Å². The van der Waals surface area contributed by atoms with Gasteiger partial charge in [-0.15, -0.1) is 0 Å². The van der Waals surface area contributed by atoms with Crippen molar-refractivity contribution in [2.24, 2.45) is 0 Å². The predicted octanol–water partition coefficient (Wildman–Crippen LogP) is 7.09. The van der Waals surface area contributed by atoms with Gasteiger partial charge < -0.3 is 4.90 Å². The zero-order chi connectivity index (χ0) is 17.4. The van der Waals surface area contributed by atoms with Crippen LogP contribution in [-0.2, 0) is 5.41 Å². The maximum atomic E-state index is 2.65. The third-order valence-electron chi connectivity index (χ3n) is 6.17. The summed E-state index contributed by atoms with van der Waals surface area (Å²) in [6.45, 7) is 10.7. The number of benzene rings is 1. The molecule has 0 aliphatic carbocycles. The number of anilines is 1. The van der Waals surface area contributed by atoms with Gasteiger partial charge in [-0.05, 0) is 25.0 Å². The van der Waals surface area contributed by atoms with Gasteiger partial charge in [0.25, 0.3) is 0 Å². The second-order valence-corrected chi connectivity index (χ2v) is 8.29. The molecule has 0 fully saturated rings. The molecule has 24 heavy (non-hydrogen) atoms. The van der Waals surface area contributed by atoms with Crippen LogP contribution in [0, 0.1) is 0 Å². The van der Waals surface area contributed by atoms with Crippen LogP contribution in [0.15, 0.2) is 24.3 Å². The van der Waals surface area contributed by atoms with Crippen molar-refractivity contribution in [3.05, 3.63) is 29.8 Å². The van der Waals surface area contributed by atoms with Gasteiger partial charge in [0.1, 0.15) is 0 Å². The van der Waals surface area contributed by atoms with Crippen LogP contribution >= 0.6 is 0 Å². The van der Waals surface area contributed by atoms with Crippen LogP contribution in [-0.4, -0.2) is 12.6 Å². The molecule has 0 aromatic heterocycles. The van der Waals surface area contributed by atoms with E-state index in [0.717, 1.165) is 0 Å². The molecule has 1 unspecified atom stereocenters. The Balaban J connectivity index is 1.65. The Morgan fingerprint density at radius 3 is 2.00 bits per heavy atom. The standard InChI is InChI=1S/C23H39N/c1-5-6-7-8-9-10-11-12-13-16-19-24-20(2)23(3,4)21-17-14-15-18-22(21)24/h14-15,17-18,20H,5-13,16,19H2,1-4H3. The van der Waals surface area contributed by atoms with E-state index < -0.39 is 0 Å². The summed E-state index contributed by atoms with van der Waals surface area (Å²) in [5, 5.41) is 0. The van der Waals surface area contributed by atoms with Crippen LogP contribution in [0.3, 0.4) is 0 Å². The molecule has 0 amide bonds. The third-order valence-corrected chi connectivity index (χ3v) is 6.17. The van der Waals surface area contributed by atoms with Gasteiger partial charge in [-0.25, -0.2) is 0 Å². The van der Waals surface area contributed by atoms with E-state index in [2.05, 4.69) is 56.9 Å². The number of unbranched alkanes of at least 4 members (excludes halogenated alkanes) is 9. The molecule has 1 heteroatoms. The molecule has 0 radical (unpaired) electrons. The minimum absolute atomic E-state index is 0.273.